The minimum Gasteiger partial charge on any atom is -1.00 e. The van der Waals surface area contributed by atoms with E-state index in [0.717, 1.165) is 0 Å². The van der Waals surface area contributed by atoms with E-state index in [1.807, 2.05) is 0 Å². The molecule has 0 saturated heterocycles. The Bertz CT molecular complexity index is 39.5. The van der Waals surface area contributed by atoms with Gasteiger partial charge < -0.3 is 11.6 Å². The van der Waals surface area contributed by atoms with Gasteiger partial charge in [-0.25, -0.2) is 0 Å². The molecule has 0 aliphatic carbocycles. The van der Waals surface area contributed by atoms with Crippen LogP contribution in [0.2, 0.25) is 0 Å². The Balaban J connectivity index is -0.0000000326. The fourth-order valence-corrected chi connectivity index (χ4v) is 0. The molecule has 0 aromatic heterocycles. The van der Waals surface area contributed by atoms with E-state index in [0.29, 0.717) is 0 Å². The summed E-state index contributed by atoms with van der Waals surface area (Å²) in [4.78, 5) is 0. The van der Waals surface area contributed by atoms with Gasteiger partial charge in [0.15, 0.2) is 0 Å². The van der Waals surface area contributed by atoms with Crippen molar-refractivity contribution in [3.05, 3.63) is 0 Å². The largest absolute Gasteiger partial charge is 1.00 e. The van der Waals surface area contributed by atoms with Gasteiger partial charge >= 0.3 is 18.9 Å². The summed E-state index contributed by atoms with van der Waals surface area (Å²) in [5.41, 5.74) is -0.500. The summed E-state index contributed by atoms with van der Waals surface area (Å²) in [6.45, 7) is 7.16. The van der Waals surface area contributed by atoms with Gasteiger partial charge in [0, 0.05) is 6.61 Å². The molecule has 0 atom stereocenters. The maximum atomic E-state index is 8.52. The van der Waals surface area contributed by atoms with E-state index >= 15 is 0 Å². The van der Waals surface area contributed by atoms with E-state index in [9.17, 15) is 0 Å². The van der Waals surface area contributed by atoms with Gasteiger partial charge in [0.1, 0.15) is 0 Å². The maximum Gasteiger partial charge on any atom is 1.00 e. The van der Waals surface area contributed by atoms with Crippen molar-refractivity contribution in [3.63, 3.8) is 0 Å². The van der Waals surface area contributed by atoms with E-state index in [2.05, 4.69) is 0 Å². The molecular formula is C6H17LiO2. The molecule has 0 aliphatic rings. The van der Waals surface area contributed by atoms with Crippen LogP contribution < -0.4 is 18.9 Å². The van der Waals surface area contributed by atoms with Crippen LogP contribution in [0, 0.1) is 0 Å². The molecule has 0 bridgehead atoms. The third-order valence-electron chi connectivity index (χ3n) is 0. The zero-order valence-corrected chi connectivity index (χ0v) is 7.10. The van der Waals surface area contributed by atoms with Crippen LogP contribution in [0.5, 0.6) is 0 Å². The quantitative estimate of drug-likeness (QED) is 0.367. The van der Waals surface area contributed by atoms with Crippen molar-refractivity contribution in [2.45, 2.75) is 33.3 Å². The molecule has 9 heavy (non-hydrogen) atoms. The topological polar surface area (TPSA) is 40.5 Å². The molecule has 0 radical (unpaired) electrons. The van der Waals surface area contributed by atoms with Crippen molar-refractivity contribution >= 4 is 0 Å². The van der Waals surface area contributed by atoms with Crippen LogP contribution >= 0.6 is 0 Å². The summed E-state index contributed by atoms with van der Waals surface area (Å²) in [5, 5.41) is 16.1. The molecule has 0 aliphatic heterocycles. The normalized spacial score (nSPS) is 8.67. The van der Waals surface area contributed by atoms with Crippen molar-refractivity contribution in [2.75, 3.05) is 6.61 Å². The van der Waals surface area contributed by atoms with Crippen molar-refractivity contribution in [2.24, 2.45) is 0 Å². The first-order valence-corrected chi connectivity index (χ1v) is 2.75. The Kier molecular flexibility index (Phi) is 15.4. The first-order valence-electron chi connectivity index (χ1n) is 2.75. The van der Waals surface area contributed by atoms with Crippen LogP contribution in [0.25, 0.3) is 0 Å². The smallest absolute Gasteiger partial charge is 1.00 e. The van der Waals surface area contributed by atoms with Gasteiger partial charge in [0.2, 0.25) is 0 Å². The van der Waals surface area contributed by atoms with E-state index in [1.54, 1.807) is 27.7 Å². The average Bonchev–Trinajstić information content (AvgIpc) is 1.27. The van der Waals surface area contributed by atoms with Crippen LogP contribution in [0.15, 0.2) is 0 Å². The van der Waals surface area contributed by atoms with E-state index < -0.39 is 5.60 Å². The van der Waals surface area contributed by atoms with Crippen LogP contribution in [0.1, 0.15) is 29.1 Å². The zero-order chi connectivity index (χ0) is 7.21. The van der Waals surface area contributed by atoms with Crippen LogP contribution in [0.3, 0.4) is 0 Å². The molecule has 0 heterocycles. The molecule has 3 heteroatoms. The third kappa shape index (κ3) is 1350. The first-order chi connectivity index (χ1) is 3.41. The van der Waals surface area contributed by atoms with Crippen molar-refractivity contribution in [3.8, 4) is 0 Å². The van der Waals surface area contributed by atoms with Gasteiger partial charge in [0.05, 0.1) is 5.60 Å². The Morgan fingerprint density at radius 1 is 1.33 bits per heavy atom. The SMILES string of the molecule is CC(C)(C)O.CCO.[H-].[Li+]. The number of aliphatic hydroxyl groups excluding tert-OH is 1. The van der Waals surface area contributed by atoms with Gasteiger partial charge in [-0.1, -0.05) is 0 Å². The van der Waals surface area contributed by atoms with Gasteiger partial charge in [-0.05, 0) is 27.7 Å². The fourth-order valence-electron chi connectivity index (χ4n) is 0. The van der Waals surface area contributed by atoms with Crippen molar-refractivity contribution < 1.29 is 30.5 Å². The summed E-state index contributed by atoms with van der Waals surface area (Å²) in [5.74, 6) is 0. The molecule has 0 amide bonds. The van der Waals surface area contributed by atoms with Crippen LogP contribution in [-0.2, 0) is 0 Å². The summed E-state index contributed by atoms with van der Waals surface area (Å²) in [6.07, 6.45) is 0. The predicted molar refractivity (Wildman–Crippen MR) is 35.8 cm³/mol. The number of rotatable bonds is 0. The van der Waals surface area contributed by atoms with E-state index in [1.165, 1.54) is 0 Å². The Hall–Kier alpha value is 0.517. The zero-order valence-electron chi connectivity index (χ0n) is 8.10. The number of aliphatic hydroxyl groups is 2. The van der Waals surface area contributed by atoms with E-state index in [-0.39, 0.29) is 26.9 Å². The molecule has 0 unspecified atom stereocenters. The molecule has 0 spiro atoms. The van der Waals surface area contributed by atoms with Gasteiger partial charge in [0.25, 0.3) is 0 Å². The molecule has 0 aromatic rings. The van der Waals surface area contributed by atoms with Gasteiger partial charge in [-0.15, -0.1) is 0 Å². The molecule has 0 saturated carbocycles. The van der Waals surface area contributed by atoms with Gasteiger partial charge in [-0.3, -0.25) is 0 Å². The second-order valence-electron chi connectivity index (χ2n) is 2.49. The fraction of sp³-hybridized carbons (Fsp3) is 1.00. The van der Waals surface area contributed by atoms with Crippen LogP contribution in [-0.4, -0.2) is 22.4 Å². The minimum atomic E-state index is -0.500. The number of hydrogen-bond acceptors (Lipinski definition) is 2. The molecule has 54 valence electrons. The van der Waals surface area contributed by atoms with Crippen LogP contribution in [0.4, 0.5) is 0 Å². The second-order valence-corrected chi connectivity index (χ2v) is 2.49. The molecule has 2 nitrogen and oxygen atoms in total. The van der Waals surface area contributed by atoms with Gasteiger partial charge in [-0.2, -0.15) is 0 Å². The summed E-state index contributed by atoms with van der Waals surface area (Å²) in [7, 11) is 0. The predicted octanol–water partition coefficient (Wildman–Crippen LogP) is -2.11. The maximum absolute atomic E-state index is 8.52. The standard InChI is InChI=1S/C4H10O.C2H6O.Li.H/c1-4(2,3)5;1-2-3;;/h5H,1-3H3;3H,2H2,1H3;;/q;;+1;-1. The van der Waals surface area contributed by atoms with Crippen molar-refractivity contribution in [1.82, 2.24) is 0 Å². The molecular weight excluding hydrogens is 111 g/mol. The monoisotopic (exact) mass is 128 g/mol. The molecule has 0 aromatic carbocycles. The minimum absolute atomic E-state index is 0. The summed E-state index contributed by atoms with van der Waals surface area (Å²) < 4.78 is 0. The Morgan fingerprint density at radius 3 is 1.33 bits per heavy atom. The number of hydrogen-bond donors (Lipinski definition) is 2. The molecule has 0 rings (SSSR count). The Labute approximate surface area is 70.9 Å². The second kappa shape index (κ2) is 8.52. The molecule has 0 fully saturated rings. The summed E-state index contributed by atoms with van der Waals surface area (Å²) in [6, 6.07) is 0. The average molecular weight is 128 g/mol. The third-order valence-corrected chi connectivity index (χ3v) is 0. The van der Waals surface area contributed by atoms with Crippen molar-refractivity contribution in [1.29, 1.82) is 0 Å². The van der Waals surface area contributed by atoms with E-state index in [4.69, 9.17) is 10.2 Å². The molecule has 2 N–H and O–H groups in total. The summed E-state index contributed by atoms with van der Waals surface area (Å²) >= 11 is 0. The Morgan fingerprint density at radius 2 is 1.33 bits per heavy atom. The first kappa shape index (κ1) is 16.3.